The SMILES string of the molecule is C#CCCC1(CCC(=O)Nc2ccc(Cl)c(-n3nnnc3C3CC3)c2)N=N1. The molecule has 1 aliphatic carbocycles. The Labute approximate surface area is 161 Å². The Morgan fingerprint density at radius 1 is 1.37 bits per heavy atom. The Kier molecular flexibility index (Phi) is 4.62. The molecule has 0 bridgehead atoms. The lowest BCUT2D eigenvalue weighted by molar-refractivity contribution is -0.116. The molecule has 1 aliphatic heterocycles. The summed E-state index contributed by atoms with van der Waals surface area (Å²) in [6, 6.07) is 5.26. The van der Waals surface area contributed by atoms with Gasteiger partial charge in [0.05, 0.1) is 10.7 Å². The Morgan fingerprint density at radius 2 is 2.19 bits per heavy atom. The van der Waals surface area contributed by atoms with Crippen LogP contribution in [0.1, 0.15) is 50.3 Å². The maximum Gasteiger partial charge on any atom is 0.224 e. The molecule has 0 spiro atoms. The number of nitrogens with one attached hydrogen (secondary N) is 1. The Morgan fingerprint density at radius 3 is 2.89 bits per heavy atom. The third-order valence-electron chi connectivity index (χ3n) is 4.70. The Bertz CT molecular complexity index is 935. The number of hydrogen-bond donors (Lipinski definition) is 1. The van der Waals surface area contributed by atoms with Crippen molar-refractivity contribution in [1.29, 1.82) is 0 Å². The lowest BCUT2D eigenvalue weighted by Crippen LogP contribution is -2.18. The van der Waals surface area contributed by atoms with Gasteiger partial charge in [-0.1, -0.05) is 11.6 Å². The number of tetrazole rings is 1. The van der Waals surface area contributed by atoms with Crippen LogP contribution in [-0.4, -0.2) is 31.8 Å². The largest absolute Gasteiger partial charge is 0.326 e. The van der Waals surface area contributed by atoms with Gasteiger partial charge in [0.2, 0.25) is 5.91 Å². The summed E-state index contributed by atoms with van der Waals surface area (Å²) in [5, 5.41) is 23.4. The standard InChI is InChI=1S/C18H18ClN7O/c1-2-3-9-18(22-23-18)10-8-16(27)20-13-6-7-14(19)15(11-13)26-17(12-4-5-12)21-24-25-26/h1,6-7,11-12H,3-5,8-10H2,(H,20,27). The van der Waals surface area contributed by atoms with E-state index in [4.69, 9.17) is 18.0 Å². The predicted octanol–water partition coefficient (Wildman–Crippen LogP) is 3.49. The van der Waals surface area contributed by atoms with E-state index >= 15 is 0 Å². The molecule has 0 unspecified atom stereocenters. The second-order valence-corrected chi connectivity index (χ2v) is 7.23. The van der Waals surface area contributed by atoms with Gasteiger partial charge in [-0.15, -0.1) is 17.4 Å². The minimum atomic E-state index is -0.458. The van der Waals surface area contributed by atoms with Crippen LogP contribution in [0.25, 0.3) is 5.69 Å². The van der Waals surface area contributed by atoms with Crippen LogP contribution in [0.3, 0.4) is 0 Å². The van der Waals surface area contributed by atoms with Crippen molar-refractivity contribution in [3.8, 4) is 18.0 Å². The van der Waals surface area contributed by atoms with E-state index in [0.29, 0.717) is 48.0 Å². The molecule has 138 valence electrons. The quantitative estimate of drug-likeness (QED) is 0.705. The molecule has 2 aromatic rings. The van der Waals surface area contributed by atoms with Crippen LogP contribution in [0.15, 0.2) is 28.4 Å². The van der Waals surface area contributed by atoms with Crippen LogP contribution < -0.4 is 5.32 Å². The molecule has 2 heterocycles. The number of carbonyl (C=O) groups is 1. The third-order valence-corrected chi connectivity index (χ3v) is 5.02. The van der Waals surface area contributed by atoms with Crippen molar-refractivity contribution in [3.05, 3.63) is 29.0 Å². The van der Waals surface area contributed by atoms with Gasteiger partial charge in [-0.2, -0.15) is 14.9 Å². The maximum atomic E-state index is 12.3. The van der Waals surface area contributed by atoms with Gasteiger partial charge >= 0.3 is 0 Å². The van der Waals surface area contributed by atoms with Gasteiger partial charge in [0.15, 0.2) is 11.5 Å². The highest BCUT2D eigenvalue weighted by Crippen LogP contribution is 2.40. The fourth-order valence-electron chi connectivity index (χ4n) is 2.92. The summed E-state index contributed by atoms with van der Waals surface area (Å²) in [5.74, 6) is 3.64. The topological polar surface area (TPSA) is 97.4 Å². The molecular weight excluding hydrogens is 366 g/mol. The van der Waals surface area contributed by atoms with E-state index in [1.807, 2.05) is 0 Å². The second-order valence-electron chi connectivity index (χ2n) is 6.82. The normalized spacial score (nSPS) is 16.7. The molecule has 9 heteroatoms. The van der Waals surface area contributed by atoms with E-state index in [-0.39, 0.29) is 5.91 Å². The molecule has 1 amide bonds. The summed E-state index contributed by atoms with van der Waals surface area (Å²) in [5.41, 5.74) is 0.832. The molecule has 8 nitrogen and oxygen atoms in total. The first-order chi connectivity index (χ1) is 13.1. The number of nitrogens with zero attached hydrogens (tertiary/aromatic N) is 6. The van der Waals surface area contributed by atoms with E-state index < -0.39 is 5.66 Å². The molecule has 2 aliphatic rings. The maximum absolute atomic E-state index is 12.3. The van der Waals surface area contributed by atoms with Crippen LogP contribution in [0, 0.1) is 12.3 Å². The monoisotopic (exact) mass is 383 g/mol. The van der Waals surface area contributed by atoms with Gasteiger partial charge in [0, 0.05) is 37.3 Å². The van der Waals surface area contributed by atoms with Gasteiger partial charge in [-0.25, -0.2) is 0 Å². The van der Waals surface area contributed by atoms with Gasteiger partial charge in [-0.05, 0) is 41.5 Å². The van der Waals surface area contributed by atoms with Crippen molar-refractivity contribution in [3.63, 3.8) is 0 Å². The average Bonchev–Trinajstić information content (AvgIpc) is 3.60. The van der Waals surface area contributed by atoms with Crippen LogP contribution in [-0.2, 0) is 4.79 Å². The minimum absolute atomic E-state index is 0.111. The summed E-state index contributed by atoms with van der Waals surface area (Å²) in [6.07, 6.45) is 9.59. The number of rotatable bonds is 8. The van der Waals surface area contributed by atoms with E-state index in [9.17, 15) is 4.79 Å². The minimum Gasteiger partial charge on any atom is -0.326 e. The molecule has 1 aromatic carbocycles. The highest BCUT2D eigenvalue weighted by Gasteiger charge is 2.39. The smallest absolute Gasteiger partial charge is 0.224 e. The first-order valence-corrected chi connectivity index (χ1v) is 9.24. The van der Waals surface area contributed by atoms with E-state index in [0.717, 1.165) is 18.7 Å². The number of hydrogen-bond acceptors (Lipinski definition) is 6. The highest BCUT2D eigenvalue weighted by molar-refractivity contribution is 6.32. The number of halogens is 1. The second kappa shape index (κ2) is 7.08. The zero-order chi connectivity index (χ0) is 18.9. The van der Waals surface area contributed by atoms with E-state index in [2.05, 4.69) is 37.0 Å². The van der Waals surface area contributed by atoms with Gasteiger partial charge in [0.1, 0.15) is 0 Å². The number of anilines is 1. The zero-order valence-electron chi connectivity index (χ0n) is 14.6. The summed E-state index contributed by atoms with van der Waals surface area (Å²) in [7, 11) is 0. The number of aromatic nitrogens is 4. The molecule has 1 N–H and O–H groups in total. The summed E-state index contributed by atoms with van der Waals surface area (Å²) < 4.78 is 1.65. The average molecular weight is 384 g/mol. The Hall–Kier alpha value is -2.79. The fourth-order valence-corrected chi connectivity index (χ4v) is 3.12. The van der Waals surface area contributed by atoms with Gasteiger partial charge in [-0.3, -0.25) is 4.79 Å². The van der Waals surface area contributed by atoms with Crippen molar-refractivity contribution in [2.24, 2.45) is 10.2 Å². The van der Waals surface area contributed by atoms with Crippen molar-refractivity contribution in [2.75, 3.05) is 5.32 Å². The molecular formula is C18H18ClN7O. The first kappa shape index (κ1) is 17.6. The first-order valence-electron chi connectivity index (χ1n) is 8.86. The number of carbonyl (C=O) groups excluding carboxylic acids is 1. The Balaban J connectivity index is 1.42. The van der Waals surface area contributed by atoms with E-state index in [1.54, 1.807) is 22.9 Å². The molecule has 1 fully saturated rings. The fraction of sp³-hybridized carbons (Fsp3) is 0.444. The number of amides is 1. The van der Waals surface area contributed by atoms with Gasteiger partial charge in [0.25, 0.3) is 0 Å². The van der Waals surface area contributed by atoms with Crippen LogP contribution >= 0.6 is 11.6 Å². The van der Waals surface area contributed by atoms with Crippen LogP contribution in [0.5, 0.6) is 0 Å². The summed E-state index contributed by atoms with van der Waals surface area (Å²) in [4.78, 5) is 12.3. The molecule has 1 saturated carbocycles. The zero-order valence-corrected chi connectivity index (χ0v) is 15.4. The van der Waals surface area contributed by atoms with Gasteiger partial charge < -0.3 is 5.32 Å². The van der Waals surface area contributed by atoms with Crippen molar-refractivity contribution in [1.82, 2.24) is 20.2 Å². The molecule has 1 aromatic heterocycles. The molecule has 0 atom stereocenters. The summed E-state index contributed by atoms with van der Waals surface area (Å²) in [6.45, 7) is 0. The van der Waals surface area contributed by atoms with Crippen molar-refractivity contribution < 1.29 is 4.79 Å². The van der Waals surface area contributed by atoms with Crippen molar-refractivity contribution >= 4 is 23.2 Å². The third kappa shape index (κ3) is 3.98. The number of terminal acetylenes is 1. The van der Waals surface area contributed by atoms with E-state index in [1.165, 1.54) is 0 Å². The van der Waals surface area contributed by atoms with Crippen LogP contribution in [0.2, 0.25) is 5.02 Å². The highest BCUT2D eigenvalue weighted by atomic mass is 35.5. The van der Waals surface area contributed by atoms with Crippen LogP contribution in [0.4, 0.5) is 5.69 Å². The molecule has 0 radical (unpaired) electrons. The number of benzene rings is 1. The predicted molar refractivity (Wildman–Crippen MR) is 99.7 cm³/mol. The molecule has 4 rings (SSSR count). The summed E-state index contributed by atoms with van der Waals surface area (Å²) >= 11 is 6.33. The lowest BCUT2D eigenvalue weighted by atomic mass is 10.0. The lowest BCUT2D eigenvalue weighted by Gasteiger charge is -2.11. The molecule has 27 heavy (non-hydrogen) atoms. The van der Waals surface area contributed by atoms with Crippen molar-refractivity contribution in [2.45, 2.75) is 50.1 Å². The molecule has 0 saturated heterocycles.